The van der Waals surface area contributed by atoms with Gasteiger partial charge in [-0.25, -0.2) is 0 Å². The van der Waals surface area contributed by atoms with Gasteiger partial charge in [-0.1, -0.05) is 87.3 Å². The summed E-state index contributed by atoms with van der Waals surface area (Å²) in [5.74, 6) is -1.35. The van der Waals surface area contributed by atoms with Gasteiger partial charge in [0.2, 0.25) is 11.8 Å². The average molecular weight is 553 g/mol. The van der Waals surface area contributed by atoms with Crippen LogP contribution < -0.4 is 16.4 Å². The van der Waals surface area contributed by atoms with Gasteiger partial charge in [-0.2, -0.15) is 0 Å². The van der Waals surface area contributed by atoms with E-state index in [0.717, 1.165) is 11.1 Å². The number of benzene rings is 2. The molecule has 2 amide bonds. The molecular formula is C28H39Cl2N3O4. The lowest BCUT2D eigenvalue weighted by molar-refractivity contribution is -0.134. The van der Waals surface area contributed by atoms with Crippen LogP contribution in [0.15, 0.2) is 48.5 Å². The van der Waals surface area contributed by atoms with E-state index in [4.69, 9.17) is 33.7 Å². The van der Waals surface area contributed by atoms with Gasteiger partial charge in [0.25, 0.3) is 0 Å². The van der Waals surface area contributed by atoms with Gasteiger partial charge >= 0.3 is 0 Å². The molecule has 4 unspecified atom stereocenters. The maximum atomic E-state index is 13.2. The first-order valence-electron chi connectivity index (χ1n) is 12.6. The van der Waals surface area contributed by atoms with E-state index in [9.17, 15) is 14.7 Å². The number of amides is 2. The lowest BCUT2D eigenvalue weighted by atomic mass is 9.87. The number of aliphatic hydroxyl groups excluding tert-OH is 1. The summed E-state index contributed by atoms with van der Waals surface area (Å²) in [6, 6.07) is 13.4. The van der Waals surface area contributed by atoms with E-state index in [2.05, 4.69) is 10.6 Å². The number of carbonyl (C=O) groups excluding carboxylic acids is 2. The number of carbonyl (C=O) groups is 2. The number of halogens is 2. The van der Waals surface area contributed by atoms with Crippen LogP contribution in [0.25, 0.3) is 0 Å². The Bertz CT molecular complexity index is 1000. The smallest absolute Gasteiger partial charge is 0.243 e. The Kier molecular flexibility index (Phi) is 12.8. The summed E-state index contributed by atoms with van der Waals surface area (Å²) in [7, 11) is 0. The molecule has 0 fully saturated rings. The van der Waals surface area contributed by atoms with Gasteiger partial charge in [0.05, 0.1) is 35.4 Å². The van der Waals surface area contributed by atoms with Gasteiger partial charge < -0.3 is 26.2 Å². The molecule has 0 radical (unpaired) electrons. The second-order valence-corrected chi connectivity index (χ2v) is 10.8. The van der Waals surface area contributed by atoms with Gasteiger partial charge in [-0.05, 0) is 41.5 Å². The lowest BCUT2D eigenvalue weighted by Crippen LogP contribution is -2.52. The number of ether oxygens (including phenoxy) is 1. The van der Waals surface area contributed by atoms with Gasteiger partial charge in [-0.15, -0.1) is 0 Å². The molecule has 9 heteroatoms. The molecule has 0 saturated heterocycles. The minimum atomic E-state index is -0.935. The van der Waals surface area contributed by atoms with Gasteiger partial charge in [0.15, 0.2) is 0 Å². The normalized spacial score (nSPS) is 14.8. The summed E-state index contributed by atoms with van der Waals surface area (Å²) in [5, 5.41) is 17.3. The maximum absolute atomic E-state index is 13.2. The Hall–Kier alpha value is -2.16. The van der Waals surface area contributed by atoms with Crippen molar-refractivity contribution in [3.05, 3.63) is 69.7 Å². The summed E-state index contributed by atoms with van der Waals surface area (Å²) in [6.07, 6.45) is -0.773. The fourth-order valence-corrected chi connectivity index (χ4v) is 4.18. The number of hydrogen-bond acceptors (Lipinski definition) is 5. The van der Waals surface area contributed by atoms with Crippen molar-refractivity contribution >= 4 is 35.0 Å². The van der Waals surface area contributed by atoms with E-state index in [1.165, 1.54) is 0 Å². The van der Waals surface area contributed by atoms with Crippen LogP contribution in [0.2, 0.25) is 10.0 Å². The van der Waals surface area contributed by atoms with Gasteiger partial charge in [0.1, 0.15) is 6.04 Å². The second-order valence-electron chi connectivity index (χ2n) is 10.0. The highest BCUT2D eigenvalue weighted by Crippen LogP contribution is 2.23. The number of nitrogens with one attached hydrogen (secondary N) is 2. The molecule has 0 aromatic heterocycles. The number of nitrogens with two attached hydrogens (primary N) is 1. The maximum Gasteiger partial charge on any atom is 0.243 e. The van der Waals surface area contributed by atoms with Crippen LogP contribution >= 0.6 is 23.2 Å². The predicted octanol–water partition coefficient (Wildman–Crippen LogP) is 4.32. The number of aliphatic hydroxyl groups is 1. The summed E-state index contributed by atoms with van der Waals surface area (Å²) >= 11 is 12.0. The van der Waals surface area contributed by atoms with Crippen molar-refractivity contribution in [2.24, 2.45) is 23.5 Å². The third-order valence-electron chi connectivity index (χ3n) is 6.25. The van der Waals surface area contributed by atoms with E-state index in [-0.39, 0.29) is 43.2 Å². The first-order chi connectivity index (χ1) is 17.5. The molecule has 0 aliphatic heterocycles. The summed E-state index contributed by atoms with van der Waals surface area (Å²) in [4.78, 5) is 26.1. The molecule has 5 N–H and O–H groups in total. The standard InChI is InChI=1S/C28H39Cl2N3O4/c1-17(2)21(13-25(34)24(31)16-37-15-19-8-6-5-7-9-19)27(35)33-26(18(3)4)28(36)32-14-20-10-11-22(29)23(30)12-20/h5-12,17-18,21,24-26,34H,13-16,31H2,1-4H3,(H,32,36)(H,33,35). The summed E-state index contributed by atoms with van der Waals surface area (Å²) in [6.45, 7) is 8.34. The van der Waals surface area contributed by atoms with Gasteiger partial charge in [-0.3, -0.25) is 9.59 Å². The average Bonchev–Trinajstić information content (AvgIpc) is 2.86. The molecule has 2 rings (SSSR count). The third kappa shape index (κ3) is 10.3. The van der Waals surface area contributed by atoms with Gasteiger partial charge in [0, 0.05) is 12.5 Å². The van der Waals surface area contributed by atoms with Crippen LogP contribution in [0.5, 0.6) is 0 Å². The van der Waals surface area contributed by atoms with Crippen molar-refractivity contribution in [1.82, 2.24) is 10.6 Å². The van der Waals surface area contributed by atoms with Crippen LogP contribution in [0, 0.1) is 17.8 Å². The molecule has 0 bridgehead atoms. The minimum absolute atomic E-state index is 0.0702. The third-order valence-corrected chi connectivity index (χ3v) is 6.99. The molecule has 204 valence electrons. The monoisotopic (exact) mass is 551 g/mol. The van der Waals surface area contributed by atoms with E-state index in [1.807, 2.05) is 58.0 Å². The van der Waals surface area contributed by atoms with Crippen LogP contribution in [-0.4, -0.2) is 41.7 Å². The lowest BCUT2D eigenvalue weighted by Gasteiger charge is -2.29. The molecule has 2 aromatic carbocycles. The Balaban J connectivity index is 1.92. The first kappa shape index (κ1) is 31.1. The van der Waals surface area contributed by atoms with E-state index < -0.39 is 24.1 Å². The molecule has 37 heavy (non-hydrogen) atoms. The van der Waals surface area contributed by atoms with E-state index in [1.54, 1.807) is 18.2 Å². The highest BCUT2D eigenvalue weighted by Gasteiger charge is 2.32. The molecule has 0 saturated carbocycles. The Labute approximate surface area is 230 Å². The highest BCUT2D eigenvalue weighted by molar-refractivity contribution is 6.42. The Morgan fingerprint density at radius 2 is 1.62 bits per heavy atom. The SMILES string of the molecule is CC(C)C(CC(O)C(N)COCc1ccccc1)C(=O)NC(C(=O)NCc1ccc(Cl)c(Cl)c1)C(C)C. The van der Waals surface area contributed by atoms with Crippen LogP contribution in [0.3, 0.4) is 0 Å². The highest BCUT2D eigenvalue weighted by atomic mass is 35.5. The molecule has 7 nitrogen and oxygen atoms in total. The van der Waals surface area contributed by atoms with Crippen molar-refractivity contribution in [3.8, 4) is 0 Å². The molecule has 4 atom stereocenters. The number of hydrogen-bond donors (Lipinski definition) is 4. The van der Waals surface area contributed by atoms with Crippen LogP contribution in [-0.2, 0) is 27.5 Å². The molecular weight excluding hydrogens is 513 g/mol. The quantitative estimate of drug-likeness (QED) is 0.279. The van der Waals surface area contributed by atoms with Crippen LogP contribution in [0.4, 0.5) is 0 Å². The largest absolute Gasteiger partial charge is 0.391 e. The zero-order valence-electron chi connectivity index (χ0n) is 21.9. The van der Waals surface area contributed by atoms with Crippen molar-refractivity contribution < 1.29 is 19.4 Å². The van der Waals surface area contributed by atoms with Crippen molar-refractivity contribution in [2.45, 2.75) is 65.5 Å². The van der Waals surface area contributed by atoms with Crippen molar-refractivity contribution in [3.63, 3.8) is 0 Å². The molecule has 0 aliphatic carbocycles. The molecule has 2 aromatic rings. The molecule has 0 spiro atoms. The second kappa shape index (κ2) is 15.3. The first-order valence-corrected chi connectivity index (χ1v) is 13.3. The summed E-state index contributed by atoms with van der Waals surface area (Å²) in [5.41, 5.74) is 7.96. The number of rotatable bonds is 14. The van der Waals surface area contributed by atoms with E-state index in [0.29, 0.717) is 16.7 Å². The zero-order chi connectivity index (χ0) is 27.5. The molecule has 0 aliphatic rings. The fourth-order valence-electron chi connectivity index (χ4n) is 3.86. The predicted molar refractivity (Wildman–Crippen MR) is 148 cm³/mol. The fraction of sp³-hybridized carbons (Fsp3) is 0.500. The summed E-state index contributed by atoms with van der Waals surface area (Å²) < 4.78 is 5.66. The minimum Gasteiger partial charge on any atom is -0.391 e. The van der Waals surface area contributed by atoms with Crippen molar-refractivity contribution in [2.75, 3.05) is 6.61 Å². The topological polar surface area (TPSA) is 114 Å². The zero-order valence-corrected chi connectivity index (χ0v) is 23.4. The van der Waals surface area contributed by atoms with E-state index >= 15 is 0 Å². The van der Waals surface area contributed by atoms with Crippen molar-refractivity contribution in [1.29, 1.82) is 0 Å². The van der Waals surface area contributed by atoms with Crippen LogP contribution in [0.1, 0.15) is 45.2 Å². The Morgan fingerprint density at radius 3 is 2.22 bits per heavy atom. The molecule has 0 heterocycles. The Morgan fingerprint density at radius 1 is 0.946 bits per heavy atom.